The average molecular weight is 547 g/mol. The minimum atomic E-state index is -1.94. The molecule has 0 aliphatic rings. The Balaban J connectivity index is 1.67. The van der Waals surface area contributed by atoms with Crippen LogP contribution < -0.4 is 21.7 Å². The molecule has 13 heteroatoms. The van der Waals surface area contributed by atoms with Gasteiger partial charge in [-0.05, 0) is 49.7 Å². The molecule has 0 fully saturated rings. The van der Waals surface area contributed by atoms with Crippen molar-refractivity contribution in [3.63, 3.8) is 0 Å². The zero-order valence-electron chi connectivity index (χ0n) is 20.1. The number of primary amides is 1. The van der Waals surface area contributed by atoms with Crippen LogP contribution >= 0.6 is 11.6 Å². The van der Waals surface area contributed by atoms with Gasteiger partial charge in [-0.3, -0.25) is 9.59 Å². The highest BCUT2D eigenvalue weighted by Crippen LogP contribution is 2.23. The number of fused-ring (bicyclic) bond motifs is 1. The van der Waals surface area contributed by atoms with E-state index >= 15 is 0 Å². The monoisotopic (exact) mass is 546 g/mol. The van der Waals surface area contributed by atoms with Crippen LogP contribution in [0.1, 0.15) is 29.8 Å². The summed E-state index contributed by atoms with van der Waals surface area (Å²) in [4.78, 5) is 50.3. The number of hydrogen-bond acceptors (Lipinski definition) is 6. The molecule has 38 heavy (non-hydrogen) atoms. The molecule has 0 unspecified atom stereocenters. The largest absolute Gasteiger partial charge is 0.487 e. The second kappa shape index (κ2) is 9.88. The smallest absolute Gasteiger partial charge is 0.344 e. The quantitative estimate of drug-likeness (QED) is 0.381. The first kappa shape index (κ1) is 26.8. The maximum absolute atomic E-state index is 13.9. The van der Waals surface area contributed by atoms with Gasteiger partial charge in [-0.1, -0.05) is 17.7 Å². The van der Waals surface area contributed by atoms with Gasteiger partial charge in [-0.25, -0.2) is 27.5 Å². The molecule has 198 valence electrons. The van der Waals surface area contributed by atoms with Gasteiger partial charge < -0.3 is 20.1 Å². The normalized spacial score (nSPS) is 11.6. The van der Waals surface area contributed by atoms with E-state index < -0.39 is 40.4 Å². The van der Waals surface area contributed by atoms with Crippen LogP contribution in [0.15, 0.2) is 58.3 Å². The van der Waals surface area contributed by atoms with Crippen LogP contribution in [0, 0.1) is 11.6 Å². The van der Waals surface area contributed by atoms with Crippen LogP contribution in [0.5, 0.6) is 5.75 Å². The molecular formula is C25H21ClF2N4O6. The van der Waals surface area contributed by atoms with Crippen molar-refractivity contribution in [3.8, 4) is 5.75 Å². The average Bonchev–Trinajstić information content (AvgIpc) is 3.12. The van der Waals surface area contributed by atoms with Gasteiger partial charge in [-0.15, -0.1) is 0 Å². The van der Waals surface area contributed by atoms with Gasteiger partial charge >= 0.3 is 11.7 Å². The van der Waals surface area contributed by atoms with Crippen LogP contribution in [-0.4, -0.2) is 36.3 Å². The SMILES string of the molecule is CC(C)(O)C(=O)n1c(=O)n(C(N)=O)c2ccc(Cn3ccc(OCc4ccc(F)cc4F)c(Cl)c3=O)cc21. The van der Waals surface area contributed by atoms with Crippen LogP contribution in [0.25, 0.3) is 11.0 Å². The maximum atomic E-state index is 13.9. The Morgan fingerprint density at radius 2 is 1.76 bits per heavy atom. The number of halogens is 3. The van der Waals surface area contributed by atoms with Gasteiger partial charge in [0.15, 0.2) is 0 Å². The summed E-state index contributed by atoms with van der Waals surface area (Å²) in [7, 11) is 0. The number of benzene rings is 2. The summed E-state index contributed by atoms with van der Waals surface area (Å²) in [5, 5.41) is 9.88. The van der Waals surface area contributed by atoms with Gasteiger partial charge in [0.1, 0.15) is 34.6 Å². The summed E-state index contributed by atoms with van der Waals surface area (Å²) in [6, 6.07) is 7.57. The molecular weight excluding hydrogens is 526 g/mol. The van der Waals surface area contributed by atoms with Crippen molar-refractivity contribution in [2.45, 2.75) is 32.6 Å². The third-order valence-electron chi connectivity index (χ3n) is 5.67. The summed E-state index contributed by atoms with van der Waals surface area (Å²) >= 11 is 6.18. The lowest BCUT2D eigenvalue weighted by molar-refractivity contribution is 0.0392. The Bertz CT molecular complexity index is 1720. The summed E-state index contributed by atoms with van der Waals surface area (Å²) in [6.07, 6.45) is 1.37. The van der Waals surface area contributed by atoms with Crippen molar-refractivity contribution in [3.05, 3.63) is 97.3 Å². The van der Waals surface area contributed by atoms with Crippen molar-refractivity contribution < 1.29 is 28.2 Å². The third kappa shape index (κ3) is 4.95. The standard InChI is InChI=1S/C25H21ClF2N4O6/c1-25(2,37)22(34)31-18-9-13(3-6-17(18)32(23(29)35)24(31)36)11-30-8-7-19(20(26)21(30)33)38-12-14-4-5-15(27)10-16(14)28/h3-10,37H,11-12H2,1-2H3,(H2,29,35). The van der Waals surface area contributed by atoms with Crippen molar-refractivity contribution >= 4 is 34.6 Å². The Morgan fingerprint density at radius 3 is 2.39 bits per heavy atom. The highest BCUT2D eigenvalue weighted by atomic mass is 35.5. The highest BCUT2D eigenvalue weighted by Gasteiger charge is 2.31. The number of pyridine rings is 1. The fourth-order valence-electron chi connectivity index (χ4n) is 3.78. The summed E-state index contributed by atoms with van der Waals surface area (Å²) in [5.41, 5.74) is 2.23. The molecule has 4 aromatic rings. The first-order chi connectivity index (χ1) is 17.8. The Kier molecular flexibility index (Phi) is 6.96. The van der Waals surface area contributed by atoms with E-state index in [9.17, 15) is 33.1 Å². The Labute approximate surface area is 218 Å². The maximum Gasteiger partial charge on any atom is 0.344 e. The molecule has 1 amide bonds. The predicted octanol–water partition coefficient (Wildman–Crippen LogP) is 2.86. The molecule has 0 bridgehead atoms. The second-order valence-corrected chi connectivity index (χ2v) is 9.31. The number of aliphatic hydroxyl groups is 1. The number of aromatic nitrogens is 3. The van der Waals surface area contributed by atoms with Crippen molar-refractivity contribution in [2.24, 2.45) is 5.73 Å². The number of carbonyl (C=O) groups is 2. The topological polar surface area (TPSA) is 139 Å². The van der Waals surface area contributed by atoms with E-state index in [2.05, 4.69) is 0 Å². The van der Waals surface area contributed by atoms with Gasteiger partial charge in [-0.2, -0.15) is 0 Å². The minimum absolute atomic E-state index is 0.00107. The van der Waals surface area contributed by atoms with Crippen LogP contribution in [0.2, 0.25) is 5.02 Å². The van der Waals surface area contributed by atoms with Crippen molar-refractivity contribution in [2.75, 3.05) is 0 Å². The summed E-state index contributed by atoms with van der Waals surface area (Å²) in [6.45, 7) is 2.02. The molecule has 4 rings (SSSR count). The molecule has 0 atom stereocenters. The number of imidazole rings is 1. The van der Waals surface area contributed by atoms with Crippen LogP contribution in [0.4, 0.5) is 13.6 Å². The third-order valence-corrected chi connectivity index (χ3v) is 6.02. The minimum Gasteiger partial charge on any atom is -0.487 e. The molecule has 0 saturated heterocycles. The van der Waals surface area contributed by atoms with Gasteiger partial charge in [0, 0.05) is 17.8 Å². The molecule has 0 aliphatic carbocycles. The fraction of sp³-hybridized carbons (Fsp3) is 0.200. The number of hydrogen-bond donors (Lipinski definition) is 2. The van der Waals surface area contributed by atoms with E-state index in [0.29, 0.717) is 20.8 Å². The molecule has 0 aliphatic heterocycles. The Hall–Kier alpha value is -4.29. The van der Waals surface area contributed by atoms with Gasteiger partial charge in [0.25, 0.3) is 11.5 Å². The molecule has 0 radical (unpaired) electrons. The highest BCUT2D eigenvalue weighted by molar-refractivity contribution is 6.31. The molecule has 3 N–H and O–H groups in total. The number of amides is 1. The van der Waals surface area contributed by atoms with E-state index in [4.69, 9.17) is 22.1 Å². The summed E-state index contributed by atoms with van der Waals surface area (Å²) < 4.78 is 34.9. The first-order valence-corrected chi connectivity index (χ1v) is 11.5. The summed E-state index contributed by atoms with van der Waals surface area (Å²) in [5.74, 6) is -2.55. The molecule has 2 aromatic heterocycles. The zero-order chi connectivity index (χ0) is 27.9. The predicted molar refractivity (Wildman–Crippen MR) is 134 cm³/mol. The zero-order valence-corrected chi connectivity index (χ0v) is 20.8. The lowest BCUT2D eigenvalue weighted by Gasteiger charge is -2.15. The lowest BCUT2D eigenvalue weighted by Crippen LogP contribution is -2.43. The van der Waals surface area contributed by atoms with E-state index in [0.717, 1.165) is 6.07 Å². The molecule has 10 nitrogen and oxygen atoms in total. The van der Waals surface area contributed by atoms with E-state index in [1.165, 1.54) is 54.9 Å². The van der Waals surface area contributed by atoms with E-state index in [1.54, 1.807) is 0 Å². The van der Waals surface area contributed by atoms with E-state index in [1.807, 2.05) is 0 Å². The number of nitrogens with two attached hydrogens (primary N) is 1. The lowest BCUT2D eigenvalue weighted by atomic mass is 10.1. The van der Waals surface area contributed by atoms with Crippen LogP contribution in [0.3, 0.4) is 0 Å². The number of nitrogens with zero attached hydrogens (tertiary/aromatic N) is 3. The molecule has 0 spiro atoms. The first-order valence-electron chi connectivity index (χ1n) is 11.1. The van der Waals surface area contributed by atoms with Crippen molar-refractivity contribution in [1.82, 2.24) is 13.7 Å². The number of carbonyl (C=O) groups excluding carboxylic acids is 2. The van der Waals surface area contributed by atoms with Gasteiger partial charge in [0.2, 0.25) is 0 Å². The molecule has 2 heterocycles. The van der Waals surface area contributed by atoms with Crippen LogP contribution in [-0.2, 0) is 13.2 Å². The number of ether oxygens (including phenoxy) is 1. The van der Waals surface area contributed by atoms with Gasteiger partial charge in [0.05, 0.1) is 17.6 Å². The number of rotatable bonds is 6. The molecule has 0 saturated carbocycles. The Morgan fingerprint density at radius 1 is 1.05 bits per heavy atom. The van der Waals surface area contributed by atoms with Crippen molar-refractivity contribution in [1.29, 1.82) is 0 Å². The second-order valence-electron chi connectivity index (χ2n) is 8.93. The van der Waals surface area contributed by atoms with E-state index in [-0.39, 0.29) is 40.5 Å². The molecule has 2 aromatic carbocycles. The fourth-order valence-corrected chi connectivity index (χ4v) is 4.01.